The molecule has 0 saturated heterocycles. The van der Waals surface area contributed by atoms with Gasteiger partial charge in [-0.25, -0.2) is 0 Å². The molecule has 4 aromatic rings. The summed E-state index contributed by atoms with van der Waals surface area (Å²) < 4.78 is 1.79. The topological polar surface area (TPSA) is 22.0 Å². The molecule has 0 N–H and O–H groups in total. The van der Waals surface area contributed by atoms with E-state index in [2.05, 4.69) is 0 Å². The van der Waals surface area contributed by atoms with Crippen LogP contribution in [0.4, 0.5) is 0 Å². The Morgan fingerprint density at radius 1 is 0.769 bits per heavy atom. The molecule has 0 spiro atoms. The third-order valence-corrected chi connectivity index (χ3v) is 4.81. The molecule has 0 saturated carbocycles. The zero-order valence-electron chi connectivity index (χ0n) is 13.8. The van der Waals surface area contributed by atoms with Crippen LogP contribution in [0.25, 0.3) is 22.0 Å². The first kappa shape index (κ1) is 16.9. The van der Waals surface area contributed by atoms with Gasteiger partial charge in [-0.3, -0.25) is 4.79 Å². The van der Waals surface area contributed by atoms with Gasteiger partial charge < -0.3 is 4.57 Å². The summed E-state index contributed by atoms with van der Waals surface area (Å²) in [7, 11) is 0. The van der Waals surface area contributed by atoms with Gasteiger partial charge in [0.1, 0.15) is 0 Å². The van der Waals surface area contributed by atoms with Crippen LogP contribution in [-0.2, 0) is 6.54 Å². The summed E-state index contributed by atoms with van der Waals surface area (Å²) in [5, 5.41) is 2.08. The van der Waals surface area contributed by atoms with Gasteiger partial charge in [-0.05, 0) is 41.0 Å². The Morgan fingerprint density at radius 3 is 2.15 bits per heavy atom. The van der Waals surface area contributed by atoms with Crippen LogP contribution in [-0.4, -0.2) is 4.57 Å². The number of para-hydroxylation sites is 1. The number of rotatable bonds is 3. The normalized spacial score (nSPS) is 11.0. The number of nitrogens with zero attached hydrogens (tertiary/aromatic N) is 1. The molecule has 1 aromatic heterocycles. The second kappa shape index (κ2) is 6.99. The summed E-state index contributed by atoms with van der Waals surface area (Å²) >= 11 is 12.3. The minimum Gasteiger partial charge on any atom is -0.304 e. The molecule has 0 bridgehead atoms. The number of pyridine rings is 1. The molecule has 1 heterocycles. The monoisotopic (exact) mass is 379 g/mol. The molecule has 0 aliphatic carbocycles. The van der Waals surface area contributed by atoms with Crippen LogP contribution >= 0.6 is 23.2 Å². The summed E-state index contributed by atoms with van der Waals surface area (Å²) in [6.45, 7) is 0.525. The van der Waals surface area contributed by atoms with Gasteiger partial charge in [0.25, 0.3) is 5.56 Å². The third kappa shape index (κ3) is 3.26. The zero-order valence-corrected chi connectivity index (χ0v) is 15.3. The number of hydrogen-bond acceptors (Lipinski definition) is 1. The standard InChI is InChI=1S/C22H15Cl2NO/c23-17-10-16(11-18(24)12-17)20-13-22(26)25(14-15-6-2-1-3-7-15)21-9-5-4-8-19(20)21/h1-13H,14H2. The van der Waals surface area contributed by atoms with Crippen LogP contribution in [0.3, 0.4) is 0 Å². The van der Waals surface area contributed by atoms with Crippen LogP contribution < -0.4 is 5.56 Å². The van der Waals surface area contributed by atoms with E-state index in [1.54, 1.807) is 16.7 Å². The van der Waals surface area contributed by atoms with Crippen molar-refractivity contribution in [3.8, 4) is 11.1 Å². The predicted octanol–water partition coefficient (Wildman–Crippen LogP) is 6.02. The highest BCUT2D eigenvalue weighted by Gasteiger charge is 2.12. The summed E-state index contributed by atoms with van der Waals surface area (Å²) in [5.41, 5.74) is 3.58. The zero-order chi connectivity index (χ0) is 18.1. The maximum atomic E-state index is 12.9. The Bertz CT molecular complexity index is 1130. The molecule has 4 heteroatoms. The predicted molar refractivity (Wildman–Crippen MR) is 109 cm³/mol. The number of halogens is 2. The molecule has 0 unspecified atom stereocenters. The van der Waals surface area contributed by atoms with Gasteiger partial charge in [-0.1, -0.05) is 71.7 Å². The second-order valence-corrected chi connectivity index (χ2v) is 7.02. The highest BCUT2D eigenvalue weighted by atomic mass is 35.5. The van der Waals surface area contributed by atoms with Gasteiger partial charge in [0.05, 0.1) is 12.1 Å². The van der Waals surface area contributed by atoms with Gasteiger partial charge in [-0.15, -0.1) is 0 Å². The Kier molecular flexibility index (Phi) is 4.54. The first-order valence-corrected chi connectivity index (χ1v) is 9.00. The molecule has 0 fully saturated rings. The van der Waals surface area contributed by atoms with E-state index in [1.807, 2.05) is 66.7 Å². The van der Waals surface area contributed by atoms with Gasteiger partial charge in [0.15, 0.2) is 0 Å². The summed E-state index contributed by atoms with van der Waals surface area (Å²) in [5.74, 6) is 0. The van der Waals surface area contributed by atoms with Crippen LogP contribution in [0.15, 0.2) is 83.7 Å². The fourth-order valence-corrected chi connectivity index (χ4v) is 3.74. The lowest BCUT2D eigenvalue weighted by Gasteiger charge is -2.14. The Morgan fingerprint density at radius 2 is 1.42 bits per heavy atom. The molecule has 26 heavy (non-hydrogen) atoms. The lowest BCUT2D eigenvalue weighted by Crippen LogP contribution is -2.20. The van der Waals surface area contributed by atoms with Crippen molar-refractivity contribution in [1.82, 2.24) is 4.57 Å². The van der Waals surface area contributed by atoms with E-state index >= 15 is 0 Å². The number of fused-ring (bicyclic) bond motifs is 1. The first-order valence-electron chi connectivity index (χ1n) is 8.25. The van der Waals surface area contributed by atoms with Crippen LogP contribution in [0.5, 0.6) is 0 Å². The SMILES string of the molecule is O=c1cc(-c2cc(Cl)cc(Cl)c2)c2ccccc2n1Cc1ccccc1. The number of benzene rings is 3. The summed E-state index contributed by atoms with van der Waals surface area (Å²) in [6.07, 6.45) is 0. The van der Waals surface area contributed by atoms with Crippen LogP contribution in [0.2, 0.25) is 10.0 Å². The molecule has 0 atom stereocenters. The van der Waals surface area contributed by atoms with Crippen LogP contribution in [0, 0.1) is 0 Å². The van der Waals surface area contributed by atoms with E-state index in [4.69, 9.17) is 23.2 Å². The third-order valence-electron chi connectivity index (χ3n) is 4.38. The first-order chi connectivity index (χ1) is 12.6. The van der Waals surface area contributed by atoms with Crippen molar-refractivity contribution in [2.45, 2.75) is 6.54 Å². The highest BCUT2D eigenvalue weighted by molar-refractivity contribution is 6.35. The number of hydrogen-bond donors (Lipinski definition) is 0. The molecule has 0 amide bonds. The van der Waals surface area contributed by atoms with Crippen molar-refractivity contribution in [1.29, 1.82) is 0 Å². The average molecular weight is 380 g/mol. The molecule has 0 aliphatic heterocycles. The quantitative estimate of drug-likeness (QED) is 0.426. The van der Waals surface area contributed by atoms with E-state index in [0.29, 0.717) is 16.6 Å². The maximum absolute atomic E-state index is 12.9. The lowest BCUT2D eigenvalue weighted by molar-refractivity contribution is 0.795. The molecular formula is C22H15Cl2NO. The van der Waals surface area contributed by atoms with Gasteiger partial charge >= 0.3 is 0 Å². The Balaban J connectivity index is 1.95. The lowest BCUT2D eigenvalue weighted by atomic mass is 10.0. The van der Waals surface area contributed by atoms with E-state index in [-0.39, 0.29) is 5.56 Å². The average Bonchev–Trinajstić information content (AvgIpc) is 2.64. The van der Waals surface area contributed by atoms with Crippen LogP contribution in [0.1, 0.15) is 5.56 Å². The van der Waals surface area contributed by atoms with Crippen molar-refractivity contribution in [3.05, 3.63) is 105 Å². The van der Waals surface area contributed by atoms with Crippen molar-refractivity contribution < 1.29 is 0 Å². The fraction of sp³-hybridized carbons (Fsp3) is 0.0455. The van der Waals surface area contributed by atoms with Crippen molar-refractivity contribution in [2.75, 3.05) is 0 Å². The smallest absolute Gasteiger partial charge is 0.251 e. The molecule has 4 rings (SSSR count). The Labute approximate surface area is 161 Å². The van der Waals surface area contributed by atoms with E-state index in [9.17, 15) is 4.79 Å². The fourth-order valence-electron chi connectivity index (χ4n) is 3.21. The van der Waals surface area contributed by atoms with E-state index in [0.717, 1.165) is 27.6 Å². The Hall–Kier alpha value is -2.55. The van der Waals surface area contributed by atoms with Gasteiger partial charge in [0, 0.05) is 21.5 Å². The molecule has 0 radical (unpaired) electrons. The largest absolute Gasteiger partial charge is 0.304 e. The highest BCUT2D eigenvalue weighted by Crippen LogP contribution is 2.31. The molecule has 3 aromatic carbocycles. The van der Waals surface area contributed by atoms with Gasteiger partial charge in [-0.2, -0.15) is 0 Å². The van der Waals surface area contributed by atoms with Gasteiger partial charge in [0.2, 0.25) is 0 Å². The molecule has 0 aliphatic rings. The van der Waals surface area contributed by atoms with E-state index < -0.39 is 0 Å². The second-order valence-electron chi connectivity index (χ2n) is 6.14. The minimum absolute atomic E-state index is 0.0568. The number of aromatic nitrogens is 1. The van der Waals surface area contributed by atoms with Crippen molar-refractivity contribution >= 4 is 34.1 Å². The summed E-state index contributed by atoms with van der Waals surface area (Å²) in [4.78, 5) is 12.9. The van der Waals surface area contributed by atoms with E-state index in [1.165, 1.54) is 0 Å². The molecular weight excluding hydrogens is 365 g/mol. The molecule has 2 nitrogen and oxygen atoms in total. The van der Waals surface area contributed by atoms with Crippen molar-refractivity contribution in [3.63, 3.8) is 0 Å². The minimum atomic E-state index is -0.0568. The molecule has 128 valence electrons. The van der Waals surface area contributed by atoms with Crippen molar-refractivity contribution in [2.24, 2.45) is 0 Å². The summed E-state index contributed by atoms with van der Waals surface area (Å²) in [6, 6.07) is 24.9. The maximum Gasteiger partial charge on any atom is 0.251 e.